The number of nitrogens with one attached hydrogen (secondary N) is 1. The van der Waals surface area contributed by atoms with Gasteiger partial charge in [0, 0.05) is 9.77 Å². The van der Waals surface area contributed by atoms with E-state index in [9.17, 15) is 19.5 Å². The first kappa shape index (κ1) is 20.3. The Morgan fingerprint density at radius 3 is 2.34 bits per heavy atom. The summed E-state index contributed by atoms with van der Waals surface area (Å²) in [7, 11) is 0. The van der Waals surface area contributed by atoms with Gasteiger partial charge in [0.1, 0.15) is 11.4 Å². The molecule has 0 aliphatic rings. The minimum atomic E-state index is -1.39. The maximum absolute atomic E-state index is 12.5. The number of aromatic nitrogens is 1. The largest absolute Gasteiger partial charge is 0.478 e. The standard InChI is InChI=1S/C20H13IN2O6/c21-11-7-8-22-16(9-11)18(24)23-15-3-1-2-4-17(15)29-12-5-6-13(19(25)26)14(10-12)20(27)28/h1-10H,(H,23,24)(H,25,26)(H,27,28). The average Bonchev–Trinajstić information content (AvgIpc) is 2.69. The molecule has 0 unspecified atom stereocenters. The molecule has 3 rings (SSSR count). The molecule has 0 saturated carbocycles. The molecule has 29 heavy (non-hydrogen) atoms. The first-order chi connectivity index (χ1) is 13.8. The summed E-state index contributed by atoms with van der Waals surface area (Å²) in [5.41, 5.74) is -0.182. The summed E-state index contributed by atoms with van der Waals surface area (Å²) in [5, 5.41) is 21.1. The van der Waals surface area contributed by atoms with Crippen molar-refractivity contribution in [1.29, 1.82) is 0 Å². The number of anilines is 1. The van der Waals surface area contributed by atoms with Crippen molar-refractivity contribution in [2.75, 3.05) is 5.32 Å². The normalized spacial score (nSPS) is 10.2. The number of rotatable bonds is 6. The van der Waals surface area contributed by atoms with Crippen molar-refractivity contribution in [3.8, 4) is 11.5 Å². The van der Waals surface area contributed by atoms with E-state index in [2.05, 4.69) is 32.9 Å². The van der Waals surface area contributed by atoms with Gasteiger partial charge in [-0.05, 0) is 65.1 Å². The lowest BCUT2D eigenvalue weighted by molar-refractivity contribution is 0.0651. The molecule has 3 N–H and O–H groups in total. The highest BCUT2D eigenvalue weighted by atomic mass is 127. The highest BCUT2D eigenvalue weighted by molar-refractivity contribution is 14.1. The number of para-hydroxylation sites is 2. The van der Waals surface area contributed by atoms with Crippen molar-refractivity contribution >= 4 is 46.1 Å². The number of carboxylic acids is 2. The number of carboxylic acid groups (broad SMARTS) is 2. The molecule has 0 saturated heterocycles. The Balaban J connectivity index is 1.88. The molecule has 3 aromatic rings. The molecule has 0 atom stereocenters. The lowest BCUT2D eigenvalue weighted by Gasteiger charge is -2.13. The van der Waals surface area contributed by atoms with Crippen LogP contribution in [0.2, 0.25) is 0 Å². The van der Waals surface area contributed by atoms with E-state index in [-0.39, 0.29) is 22.8 Å². The number of ether oxygens (including phenoxy) is 1. The first-order valence-corrected chi connectivity index (χ1v) is 9.23. The van der Waals surface area contributed by atoms with Gasteiger partial charge in [0.2, 0.25) is 0 Å². The Bertz CT molecular complexity index is 1120. The highest BCUT2D eigenvalue weighted by Gasteiger charge is 2.18. The van der Waals surface area contributed by atoms with Crippen molar-refractivity contribution < 1.29 is 29.3 Å². The molecule has 0 fully saturated rings. The van der Waals surface area contributed by atoms with E-state index in [0.29, 0.717) is 5.69 Å². The molecular weight excluding hydrogens is 491 g/mol. The van der Waals surface area contributed by atoms with E-state index in [4.69, 9.17) is 9.84 Å². The minimum Gasteiger partial charge on any atom is -0.478 e. The van der Waals surface area contributed by atoms with Crippen molar-refractivity contribution in [3.63, 3.8) is 0 Å². The molecule has 0 spiro atoms. The quantitative estimate of drug-likeness (QED) is 0.431. The number of benzene rings is 2. The van der Waals surface area contributed by atoms with Crippen molar-refractivity contribution in [2.45, 2.75) is 0 Å². The minimum absolute atomic E-state index is 0.112. The summed E-state index contributed by atoms with van der Waals surface area (Å²) in [6.45, 7) is 0. The fourth-order valence-corrected chi connectivity index (χ4v) is 2.91. The number of hydrogen-bond acceptors (Lipinski definition) is 5. The van der Waals surface area contributed by atoms with Gasteiger partial charge < -0.3 is 20.3 Å². The van der Waals surface area contributed by atoms with Crippen LogP contribution in [0.4, 0.5) is 5.69 Å². The molecule has 0 radical (unpaired) electrons. The number of halogens is 1. The third-order valence-corrected chi connectivity index (χ3v) is 4.44. The predicted molar refractivity (Wildman–Crippen MR) is 112 cm³/mol. The van der Waals surface area contributed by atoms with E-state index < -0.39 is 23.4 Å². The number of hydrogen-bond donors (Lipinski definition) is 3. The average molecular weight is 504 g/mol. The maximum Gasteiger partial charge on any atom is 0.336 e. The van der Waals surface area contributed by atoms with Gasteiger partial charge >= 0.3 is 11.9 Å². The van der Waals surface area contributed by atoms with Crippen LogP contribution in [0.15, 0.2) is 60.8 Å². The monoisotopic (exact) mass is 504 g/mol. The zero-order chi connectivity index (χ0) is 21.0. The molecule has 0 aliphatic carbocycles. The Morgan fingerprint density at radius 1 is 0.931 bits per heavy atom. The molecule has 1 aromatic heterocycles. The van der Waals surface area contributed by atoms with E-state index >= 15 is 0 Å². The van der Waals surface area contributed by atoms with Gasteiger partial charge in [-0.25, -0.2) is 9.59 Å². The second-order valence-corrected chi connectivity index (χ2v) is 6.97. The van der Waals surface area contributed by atoms with E-state index in [0.717, 1.165) is 15.7 Å². The lowest BCUT2D eigenvalue weighted by atomic mass is 10.1. The fourth-order valence-electron chi connectivity index (χ4n) is 2.45. The maximum atomic E-state index is 12.5. The van der Waals surface area contributed by atoms with Crippen LogP contribution in [0.5, 0.6) is 11.5 Å². The summed E-state index contributed by atoms with van der Waals surface area (Å²) >= 11 is 2.07. The summed E-state index contributed by atoms with van der Waals surface area (Å²) in [6.07, 6.45) is 1.52. The molecule has 0 bridgehead atoms. The SMILES string of the molecule is O=C(Nc1ccccc1Oc1ccc(C(=O)O)c(C(=O)O)c1)c1cc(I)ccn1. The number of aromatic carboxylic acids is 2. The number of nitrogens with zero attached hydrogens (tertiary/aromatic N) is 1. The third kappa shape index (κ3) is 4.88. The number of carbonyl (C=O) groups is 3. The number of amides is 1. The van der Waals surface area contributed by atoms with Crippen LogP contribution in [0, 0.1) is 3.57 Å². The molecular formula is C20H13IN2O6. The van der Waals surface area contributed by atoms with Crippen LogP contribution in [0.25, 0.3) is 0 Å². The lowest BCUT2D eigenvalue weighted by Crippen LogP contribution is -2.14. The van der Waals surface area contributed by atoms with Crippen LogP contribution in [-0.4, -0.2) is 33.0 Å². The van der Waals surface area contributed by atoms with Gasteiger partial charge in [-0.3, -0.25) is 9.78 Å². The number of pyridine rings is 1. The van der Waals surface area contributed by atoms with Crippen LogP contribution in [0.1, 0.15) is 31.2 Å². The van der Waals surface area contributed by atoms with Crippen molar-refractivity contribution in [2.24, 2.45) is 0 Å². The van der Waals surface area contributed by atoms with Crippen LogP contribution >= 0.6 is 22.6 Å². The third-order valence-electron chi connectivity index (χ3n) is 3.77. The van der Waals surface area contributed by atoms with Gasteiger partial charge in [-0.2, -0.15) is 0 Å². The van der Waals surface area contributed by atoms with Crippen molar-refractivity contribution in [3.05, 3.63) is 81.2 Å². The first-order valence-electron chi connectivity index (χ1n) is 8.15. The molecule has 1 heterocycles. The molecule has 2 aromatic carbocycles. The summed E-state index contributed by atoms with van der Waals surface area (Å²) < 4.78 is 6.56. The zero-order valence-corrected chi connectivity index (χ0v) is 16.8. The van der Waals surface area contributed by atoms with Gasteiger partial charge in [0.25, 0.3) is 5.91 Å². The Hall–Kier alpha value is -3.47. The van der Waals surface area contributed by atoms with Gasteiger partial charge in [-0.1, -0.05) is 12.1 Å². The van der Waals surface area contributed by atoms with Crippen LogP contribution in [0.3, 0.4) is 0 Å². The second kappa shape index (κ2) is 8.69. The van der Waals surface area contributed by atoms with E-state index in [1.807, 2.05) is 0 Å². The Kier molecular flexibility index (Phi) is 6.07. The summed E-state index contributed by atoms with van der Waals surface area (Å²) in [5.74, 6) is -2.81. The summed E-state index contributed by atoms with van der Waals surface area (Å²) in [6, 6.07) is 13.6. The molecule has 0 aliphatic heterocycles. The summed E-state index contributed by atoms with van der Waals surface area (Å²) in [4.78, 5) is 39.0. The molecule has 8 nitrogen and oxygen atoms in total. The van der Waals surface area contributed by atoms with Gasteiger partial charge in [-0.15, -0.1) is 0 Å². The predicted octanol–water partition coefficient (Wildman–Crippen LogP) is 4.13. The Labute approximate surface area is 178 Å². The molecule has 146 valence electrons. The van der Waals surface area contributed by atoms with Crippen molar-refractivity contribution in [1.82, 2.24) is 4.98 Å². The zero-order valence-electron chi connectivity index (χ0n) is 14.6. The topological polar surface area (TPSA) is 126 Å². The van der Waals surface area contributed by atoms with E-state index in [1.54, 1.807) is 36.4 Å². The van der Waals surface area contributed by atoms with Crippen LogP contribution < -0.4 is 10.1 Å². The Morgan fingerprint density at radius 2 is 1.66 bits per heavy atom. The fraction of sp³-hybridized carbons (Fsp3) is 0. The second-order valence-electron chi connectivity index (χ2n) is 5.73. The van der Waals surface area contributed by atoms with E-state index in [1.165, 1.54) is 12.3 Å². The van der Waals surface area contributed by atoms with Crippen LogP contribution in [-0.2, 0) is 0 Å². The molecule has 1 amide bonds. The van der Waals surface area contributed by atoms with Gasteiger partial charge in [0.15, 0.2) is 5.75 Å². The molecule has 9 heteroatoms. The number of carbonyl (C=O) groups excluding carboxylic acids is 1. The smallest absolute Gasteiger partial charge is 0.336 e. The van der Waals surface area contributed by atoms with Gasteiger partial charge in [0.05, 0.1) is 16.8 Å². The highest BCUT2D eigenvalue weighted by Crippen LogP contribution is 2.31.